The van der Waals surface area contributed by atoms with Crippen LogP contribution in [0.4, 0.5) is 0 Å². The first-order valence-corrected chi connectivity index (χ1v) is 6.49. The van der Waals surface area contributed by atoms with Crippen molar-refractivity contribution in [2.24, 2.45) is 0 Å². The fourth-order valence-electron chi connectivity index (χ4n) is 1.97. The summed E-state index contributed by atoms with van der Waals surface area (Å²) in [7, 11) is 0. The highest BCUT2D eigenvalue weighted by Gasteiger charge is 2.14. The number of aryl methyl sites for hydroxylation is 2. The molecule has 0 aliphatic rings. The molecule has 0 aliphatic heterocycles. The van der Waals surface area contributed by atoms with Crippen LogP contribution in [-0.2, 0) is 6.54 Å². The molecule has 2 aromatic rings. The lowest BCUT2D eigenvalue weighted by molar-refractivity contribution is 0.0946. The molecule has 1 heterocycles. The number of nitrogens with one attached hydrogen (secondary N) is 1. The number of hydrogen-bond donors (Lipinski definition) is 1. The molecule has 0 aliphatic carbocycles. The first-order chi connectivity index (χ1) is 9.47. The SMILES string of the molecule is Cc1cc(=O)oc(C)c1C(=O)NCc1ccc(Cl)cc1. The lowest BCUT2D eigenvalue weighted by atomic mass is 10.1. The fourth-order valence-corrected chi connectivity index (χ4v) is 2.10. The maximum Gasteiger partial charge on any atom is 0.336 e. The number of rotatable bonds is 3. The third-order valence-corrected chi connectivity index (χ3v) is 3.18. The number of carbonyl (C=O) groups is 1. The Morgan fingerprint density at radius 1 is 1.25 bits per heavy atom. The summed E-state index contributed by atoms with van der Waals surface area (Å²) in [6.45, 7) is 3.70. The van der Waals surface area contributed by atoms with E-state index in [1.165, 1.54) is 6.07 Å². The van der Waals surface area contributed by atoms with E-state index < -0.39 is 5.63 Å². The van der Waals surface area contributed by atoms with Crippen molar-refractivity contribution < 1.29 is 9.21 Å². The molecule has 104 valence electrons. The van der Waals surface area contributed by atoms with E-state index in [0.717, 1.165) is 5.56 Å². The molecule has 0 saturated heterocycles. The van der Waals surface area contributed by atoms with Crippen LogP contribution in [-0.4, -0.2) is 5.91 Å². The Balaban J connectivity index is 2.13. The number of hydrogen-bond acceptors (Lipinski definition) is 3. The van der Waals surface area contributed by atoms with E-state index >= 15 is 0 Å². The van der Waals surface area contributed by atoms with E-state index in [1.54, 1.807) is 26.0 Å². The smallest absolute Gasteiger partial charge is 0.336 e. The van der Waals surface area contributed by atoms with E-state index in [4.69, 9.17) is 16.0 Å². The van der Waals surface area contributed by atoms with Gasteiger partial charge in [0.1, 0.15) is 5.76 Å². The Morgan fingerprint density at radius 2 is 1.90 bits per heavy atom. The molecule has 0 fully saturated rings. The molecule has 1 aromatic heterocycles. The summed E-state index contributed by atoms with van der Waals surface area (Å²) in [5.74, 6) is 0.0577. The monoisotopic (exact) mass is 291 g/mol. The van der Waals surface area contributed by atoms with Crippen molar-refractivity contribution in [2.45, 2.75) is 20.4 Å². The van der Waals surface area contributed by atoms with Crippen LogP contribution in [0.15, 0.2) is 39.5 Å². The molecule has 0 saturated carbocycles. The van der Waals surface area contributed by atoms with Crippen LogP contribution in [0.1, 0.15) is 27.2 Å². The third kappa shape index (κ3) is 3.27. The predicted molar refractivity (Wildman–Crippen MR) is 77.1 cm³/mol. The van der Waals surface area contributed by atoms with E-state index in [0.29, 0.717) is 28.5 Å². The summed E-state index contributed by atoms with van der Waals surface area (Å²) in [6.07, 6.45) is 0. The highest BCUT2D eigenvalue weighted by molar-refractivity contribution is 6.30. The highest BCUT2D eigenvalue weighted by Crippen LogP contribution is 2.12. The largest absolute Gasteiger partial charge is 0.427 e. The molecule has 5 heteroatoms. The van der Waals surface area contributed by atoms with Gasteiger partial charge in [-0.1, -0.05) is 23.7 Å². The molecule has 0 radical (unpaired) electrons. The number of halogens is 1. The highest BCUT2D eigenvalue weighted by atomic mass is 35.5. The molecular weight excluding hydrogens is 278 g/mol. The quantitative estimate of drug-likeness (QED) is 0.946. The van der Waals surface area contributed by atoms with Crippen LogP contribution in [0.5, 0.6) is 0 Å². The molecule has 4 nitrogen and oxygen atoms in total. The summed E-state index contributed by atoms with van der Waals surface area (Å²) in [5.41, 5.74) is 1.50. The van der Waals surface area contributed by atoms with Gasteiger partial charge in [-0.3, -0.25) is 4.79 Å². The second-order valence-electron chi connectivity index (χ2n) is 4.49. The maximum absolute atomic E-state index is 12.1. The van der Waals surface area contributed by atoms with Gasteiger partial charge >= 0.3 is 5.63 Å². The van der Waals surface area contributed by atoms with Crippen molar-refractivity contribution in [3.05, 3.63) is 68.2 Å². The Labute approximate surface area is 121 Å². The minimum absolute atomic E-state index is 0.265. The average molecular weight is 292 g/mol. The van der Waals surface area contributed by atoms with Crippen LogP contribution in [0.3, 0.4) is 0 Å². The first-order valence-electron chi connectivity index (χ1n) is 6.11. The Hall–Kier alpha value is -2.07. The Morgan fingerprint density at radius 3 is 2.50 bits per heavy atom. The molecule has 0 atom stereocenters. The normalized spacial score (nSPS) is 10.3. The molecule has 0 bridgehead atoms. The number of carbonyl (C=O) groups excluding carboxylic acids is 1. The summed E-state index contributed by atoms with van der Waals surface area (Å²) in [6, 6.07) is 8.52. The summed E-state index contributed by atoms with van der Waals surface area (Å²) in [4.78, 5) is 23.3. The molecular formula is C15H14ClNO3. The van der Waals surface area contributed by atoms with Gasteiger partial charge in [-0.15, -0.1) is 0 Å². The zero-order valence-electron chi connectivity index (χ0n) is 11.2. The molecule has 20 heavy (non-hydrogen) atoms. The van der Waals surface area contributed by atoms with Crippen molar-refractivity contribution in [3.63, 3.8) is 0 Å². The predicted octanol–water partition coefficient (Wildman–Crippen LogP) is 2.84. The fraction of sp³-hybridized carbons (Fsp3) is 0.200. The van der Waals surface area contributed by atoms with Gasteiger partial charge in [0.2, 0.25) is 0 Å². The number of benzene rings is 1. The lowest BCUT2D eigenvalue weighted by Crippen LogP contribution is -2.25. The van der Waals surface area contributed by atoms with Gasteiger partial charge in [-0.2, -0.15) is 0 Å². The van der Waals surface area contributed by atoms with Gasteiger partial charge < -0.3 is 9.73 Å². The topological polar surface area (TPSA) is 59.3 Å². The zero-order valence-corrected chi connectivity index (χ0v) is 12.0. The van der Waals surface area contributed by atoms with Crippen molar-refractivity contribution >= 4 is 17.5 Å². The zero-order chi connectivity index (χ0) is 14.7. The van der Waals surface area contributed by atoms with Gasteiger partial charge in [-0.25, -0.2) is 4.79 Å². The van der Waals surface area contributed by atoms with Crippen molar-refractivity contribution in [2.75, 3.05) is 0 Å². The summed E-state index contributed by atoms with van der Waals surface area (Å²) < 4.78 is 4.94. The average Bonchev–Trinajstić information content (AvgIpc) is 2.37. The minimum Gasteiger partial charge on any atom is -0.427 e. The van der Waals surface area contributed by atoms with E-state index in [1.807, 2.05) is 12.1 Å². The minimum atomic E-state index is -0.450. The van der Waals surface area contributed by atoms with E-state index in [9.17, 15) is 9.59 Å². The summed E-state index contributed by atoms with van der Waals surface area (Å²) >= 11 is 5.80. The van der Waals surface area contributed by atoms with E-state index in [-0.39, 0.29) is 5.91 Å². The standard InChI is InChI=1S/C15H14ClNO3/c1-9-7-13(18)20-10(2)14(9)15(19)17-8-11-3-5-12(16)6-4-11/h3-7H,8H2,1-2H3,(H,17,19). The molecule has 1 N–H and O–H groups in total. The Bertz CT molecular complexity index is 663. The third-order valence-electron chi connectivity index (χ3n) is 2.93. The van der Waals surface area contributed by atoms with Gasteiger partial charge in [0.05, 0.1) is 5.56 Å². The van der Waals surface area contributed by atoms with Crippen molar-refractivity contribution in [1.82, 2.24) is 5.32 Å². The number of amides is 1. The molecule has 0 spiro atoms. The van der Waals surface area contributed by atoms with Gasteiger partial charge in [-0.05, 0) is 37.1 Å². The molecule has 2 rings (SSSR count). The van der Waals surface area contributed by atoms with Crippen LogP contribution in [0.25, 0.3) is 0 Å². The van der Waals surface area contributed by atoms with E-state index in [2.05, 4.69) is 5.32 Å². The second-order valence-corrected chi connectivity index (χ2v) is 4.93. The van der Waals surface area contributed by atoms with Gasteiger partial charge in [0.15, 0.2) is 0 Å². The van der Waals surface area contributed by atoms with Crippen LogP contribution >= 0.6 is 11.6 Å². The summed E-state index contributed by atoms with van der Waals surface area (Å²) in [5, 5.41) is 3.44. The molecule has 0 unspecified atom stereocenters. The van der Waals surface area contributed by atoms with Crippen LogP contribution in [0, 0.1) is 13.8 Å². The van der Waals surface area contributed by atoms with Crippen LogP contribution in [0.2, 0.25) is 5.02 Å². The first kappa shape index (κ1) is 14.3. The molecule has 1 amide bonds. The van der Waals surface area contributed by atoms with Crippen molar-refractivity contribution in [3.8, 4) is 0 Å². The Kier molecular flexibility index (Phi) is 4.25. The second kappa shape index (κ2) is 5.92. The van der Waals surface area contributed by atoms with Crippen LogP contribution < -0.4 is 10.9 Å². The maximum atomic E-state index is 12.1. The molecule has 1 aromatic carbocycles. The lowest BCUT2D eigenvalue weighted by Gasteiger charge is -2.09. The van der Waals surface area contributed by atoms with Crippen molar-refractivity contribution in [1.29, 1.82) is 0 Å². The van der Waals surface area contributed by atoms with Gasteiger partial charge in [0.25, 0.3) is 5.91 Å². The van der Waals surface area contributed by atoms with Gasteiger partial charge in [0, 0.05) is 17.6 Å².